The van der Waals surface area contributed by atoms with Crippen LogP contribution in [0.15, 0.2) is 42.5 Å². The van der Waals surface area contributed by atoms with E-state index in [1.165, 1.54) is 24.3 Å². The molecule has 0 heterocycles. The number of ether oxygens (including phenoxy) is 1. The van der Waals surface area contributed by atoms with Gasteiger partial charge in [0.2, 0.25) is 5.91 Å². The first-order valence-electron chi connectivity index (χ1n) is 5.56. The minimum atomic E-state index is -0.676. The standard InChI is InChI=1S/C14H12FNO3/c15-13-7-9(14(16)18)1-2-10(13)8-19-12-5-3-11(17)4-6-12/h1-7,17H,8H2,(H2,16,18). The van der Waals surface area contributed by atoms with Gasteiger partial charge >= 0.3 is 0 Å². The van der Waals surface area contributed by atoms with Crippen molar-refractivity contribution < 1.29 is 19.0 Å². The SMILES string of the molecule is NC(=O)c1ccc(COc2ccc(O)cc2)c(F)c1. The van der Waals surface area contributed by atoms with E-state index in [-0.39, 0.29) is 17.9 Å². The highest BCUT2D eigenvalue weighted by molar-refractivity contribution is 5.92. The van der Waals surface area contributed by atoms with Crippen molar-refractivity contribution in [3.63, 3.8) is 0 Å². The summed E-state index contributed by atoms with van der Waals surface area (Å²) in [6.07, 6.45) is 0. The van der Waals surface area contributed by atoms with Crippen LogP contribution >= 0.6 is 0 Å². The lowest BCUT2D eigenvalue weighted by atomic mass is 10.1. The highest BCUT2D eigenvalue weighted by Gasteiger charge is 2.07. The van der Waals surface area contributed by atoms with Crippen molar-refractivity contribution in [1.82, 2.24) is 0 Å². The van der Waals surface area contributed by atoms with Crippen molar-refractivity contribution in [2.75, 3.05) is 0 Å². The van der Waals surface area contributed by atoms with Gasteiger partial charge in [-0.1, -0.05) is 6.07 Å². The summed E-state index contributed by atoms with van der Waals surface area (Å²) in [5.74, 6) is -0.583. The molecule has 1 amide bonds. The van der Waals surface area contributed by atoms with Crippen LogP contribution in [0, 0.1) is 5.82 Å². The monoisotopic (exact) mass is 261 g/mol. The molecule has 2 rings (SSSR count). The second kappa shape index (κ2) is 5.39. The van der Waals surface area contributed by atoms with Crippen LogP contribution in [0.3, 0.4) is 0 Å². The third-order valence-electron chi connectivity index (χ3n) is 2.57. The molecule has 0 aliphatic rings. The van der Waals surface area contributed by atoms with Crippen LogP contribution in [-0.4, -0.2) is 11.0 Å². The van der Waals surface area contributed by atoms with E-state index in [0.717, 1.165) is 6.07 Å². The van der Waals surface area contributed by atoms with Gasteiger partial charge in [0.05, 0.1) is 0 Å². The number of rotatable bonds is 4. The van der Waals surface area contributed by atoms with Crippen molar-refractivity contribution in [3.8, 4) is 11.5 Å². The normalized spacial score (nSPS) is 10.2. The number of hydrogen-bond acceptors (Lipinski definition) is 3. The highest BCUT2D eigenvalue weighted by Crippen LogP contribution is 2.18. The van der Waals surface area contributed by atoms with E-state index in [9.17, 15) is 9.18 Å². The van der Waals surface area contributed by atoms with Gasteiger partial charge in [0.25, 0.3) is 0 Å². The second-order valence-electron chi connectivity index (χ2n) is 3.95. The van der Waals surface area contributed by atoms with Gasteiger partial charge in [-0.3, -0.25) is 4.79 Å². The smallest absolute Gasteiger partial charge is 0.248 e. The molecule has 0 atom stereocenters. The lowest BCUT2D eigenvalue weighted by Crippen LogP contribution is -2.11. The fraction of sp³-hybridized carbons (Fsp3) is 0.0714. The first-order valence-corrected chi connectivity index (χ1v) is 5.56. The predicted octanol–water partition coefficient (Wildman–Crippen LogP) is 2.21. The summed E-state index contributed by atoms with van der Waals surface area (Å²) in [7, 11) is 0. The summed E-state index contributed by atoms with van der Waals surface area (Å²) in [5, 5.41) is 9.11. The fourth-order valence-corrected chi connectivity index (χ4v) is 1.52. The lowest BCUT2D eigenvalue weighted by Gasteiger charge is -2.08. The minimum absolute atomic E-state index is 0.0235. The fourth-order valence-electron chi connectivity index (χ4n) is 1.52. The molecule has 4 nitrogen and oxygen atoms in total. The van der Waals surface area contributed by atoms with Crippen molar-refractivity contribution >= 4 is 5.91 Å². The van der Waals surface area contributed by atoms with Gasteiger partial charge in [0.1, 0.15) is 23.9 Å². The molecule has 0 aliphatic heterocycles. The number of hydrogen-bond donors (Lipinski definition) is 2. The first-order chi connectivity index (χ1) is 9.06. The zero-order valence-corrected chi connectivity index (χ0v) is 9.97. The topological polar surface area (TPSA) is 72.6 Å². The summed E-state index contributed by atoms with van der Waals surface area (Å²) >= 11 is 0. The molecular weight excluding hydrogens is 249 g/mol. The Morgan fingerprint density at radius 1 is 1.21 bits per heavy atom. The van der Waals surface area contributed by atoms with Gasteiger partial charge in [-0.2, -0.15) is 0 Å². The molecular formula is C14H12FNO3. The lowest BCUT2D eigenvalue weighted by molar-refractivity contribution is 0.0999. The maximum atomic E-state index is 13.6. The van der Waals surface area contributed by atoms with Gasteiger partial charge < -0.3 is 15.6 Å². The van der Waals surface area contributed by atoms with Crippen molar-refractivity contribution in [3.05, 3.63) is 59.4 Å². The van der Waals surface area contributed by atoms with Crippen LogP contribution in [0.2, 0.25) is 0 Å². The Bertz CT molecular complexity index is 596. The minimum Gasteiger partial charge on any atom is -0.508 e. The largest absolute Gasteiger partial charge is 0.508 e. The number of amides is 1. The van der Waals surface area contributed by atoms with Crippen LogP contribution in [0.4, 0.5) is 4.39 Å². The Kier molecular flexibility index (Phi) is 3.66. The quantitative estimate of drug-likeness (QED) is 0.886. The number of carbonyl (C=O) groups is 1. The Labute approximate surface area is 109 Å². The van der Waals surface area contributed by atoms with Gasteiger partial charge in [0.15, 0.2) is 0 Å². The Morgan fingerprint density at radius 2 is 1.89 bits per heavy atom. The molecule has 5 heteroatoms. The number of aromatic hydroxyl groups is 1. The van der Waals surface area contributed by atoms with Crippen LogP contribution in [0.25, 0.3) is 0 Å². The second-order valence-corrected chi connectivity index (χ2v) is 3.95. The highest BCUT2D eigenvalue weighted by atomic mass is 19.1. The van der Waals surface area contributed by atoms with Crippen molar-refractivity contribution in [2.45, 2.75) is 6.61 Å². The number of phenolic OH excluding ortho intramolecular Hbond substituents is 1. The Morgan fingerprint density at radius 3 is 2.47 bits per heavy atom. The molecule has 0 fully saturated rings. The molecule has 0 bridgehead atoms. The summed E-state index contributed by atoms with van der Waals surface area (Å²) in [6, 6.07) is 10.1. The number of phenols is 1. The van der Waals surface area contributed by atoms with Crippen LogP contribution in [0.1, 0.15) is 15.9 Å². The number of nitrogens with two attached hydrogens (primary N) is 1. The van der Waals surface area contributed by atoms with E-state index in [4.69, 9.17) is 15.6 Å². The van der Waals surface area contributed by atoms with E-state index in [1.54, 1.807) is 12.1 Å². The van der Waals surface area contributed by atoms with Gasteiger partial charge in [-0.15, -0.1) is 0 Å². The molecule has 19 heavy (non-hydrogen) atoms. The van der Waals surface area contributed by atoms with Gasteiger partial charge in [-0.05, 0) is 36.4 Å². The van der Waals surface area contributed by atoms with E-state index in [0.29, 0.717) is 11.3 Å². The Balaban J connectivity index is 2.07. The molecule has 0 radical (unpaired) electrons. The predicted molar refractivity (Wildman–Crippen MR) is 67.4 cm³/mol. The average Bonchev–Trinajstić information content (AvgIpc) is 2.39. The van der Waals surface area contributed by atoms with Gasteiger partial charge in [0, 0.05) is 11.1 Å². The van der Waals surface area contributed by atoms with E-state index >= 15 is 0 Å². The maximum absolute atomic E-state index is 13.6. The molecule has 2 aromatic rings. The maximum Gasteiger partial charge on any atom is 0.248 e. The summed E-state index contributed by atoms with van der Waals surface area (Å²) in [4.78, 5) is 10.9. The molecule has 0 saturated heterocycles. The third kappa shape index (κ3) is 3.22. The van der Waals surface area contributed by atoms with Gasteiger partial charge in [-0.25, -0.2) is 4.39 Å². The number of carbonyl (C=O) groups excluding carboxylic acids is 1. The molecule has 0 spiro atoms. The van der Waals surface area contributed by atoms with Crippen molar-refractivity contribution in [2.24, 2.45) is 5.73 Å². The molecule has 2 aromatic carbocycles. The molecule has 0 saturated carbocycles. The van der Waals surface area contributed by atoms with Crippen LogP contribution in [-0.2, 0) is 6.61 Å². The molecule has 0 aromatic heterocycles. The Hall–Kier alpha value is -2.56. The van der Waals surface area contributed by atoms with E-state index in [2.05, 4.69) is 0 Å². The molecule has 98 valence electrons. The average molecular weight is 261 g/mol. The number of benzene rings is 2. The summed E-state index contributed by atoms with van der Waals surface area (Å²) in [6.45, 7) is 0.0235. The zero-order valence-electron chi connectivity index (χ0n) is 9.97. The van der Waals surface area contributed by atoms with E-state index in [1.807, 2.05) is 0 Å². The summed E-state index contributed by atoms with van der Waals surface area (Å²) in [5.41, 5.74) is 5.49. The van der Waals surface area contributed by atoms with Crippen LogP contribution < -0.4 is 10.5 Å². The molecule has 0 unspecified atom stereocenters. The molecule has 3 N–H and O–H groups in total. The first kappa shape index (κ1) is 12.9. The van der Waals surface area contributed by atoms with Crippen molar-refractivity contribution in [1.29, 1.82) is 0 Å². The number of halogens is 1. The zero-order chi connectivity index (χ0) is 13.8. The molecule has 0 aliphatic carbocycles. The number of primary amides is 1. The van der Waals surface area contributed by atoms with E-state index < -0.39 is 11.7 Å². The summed E-state index contributed by atoms with van der Waals surface area (Å²) < 4.78 is 19.0. The third-order valence-corrected chi connectivity index (χ3v) is 2.57. The van der Waals surface area contributed by atoms with Crippen LogP contribution in [0.5, 0.6) is 11.5 Å².